The predicted molar refractivity (Wildman–Crippen MR) is 65.5 cm³/mol. The van der Waals surface area contributed by atoms with Crippen molar-refractivity contribution in [1.29, 1.82) is 0 Å². The number of halogens is 3. The maximum absolute atomic E-state index is 12.7. The van der Waals surface area contributed by atoms with Crippen molar-refractivity contribution < 1.29 is 23.0 Å². The summed E-state index contributed by atoms with van der Waals surface area (Å²) in [4.78, 5) is 0. The zero-order chi connectivity index (χ0) is 14.5. The molecule has 0 spiro atoms. The molecule has 19 heavy (non-hydrogen) atoms. The molecule has 0 fully saturated rings. The Balaban J connectivity index is 3.09. The first kappa shape index (κ1) is 15.9. The highest BCUT2D eigenvalue weighted by molar-refractivity contribution is 5.30. The molecule has 0 saturated heterocycles. The molecule has 6 heteroatoms. The quantitative estimate of drug-likeness (QED) is 0.838. The lowest BCUT2D eigenvalue weighted by Crippen LogP contribution is -2.32. The van der Waals surface area contributed by atoms with E-state index >= 15 is 0 Å². The van der Waals surface area contributed by atoms with Crippen LogP contribution in [0.4, 0.5) is 13.2 Å². The fourth-order valence-corrected chi connectivity index (χ4v) is 1.92. The standard InChI is InChI=1S/C13H18F3NO2/c1-19-9-12(18,6-3-7-17)10-4-2-5-11(8-10)13(14,15)16/h2,4-5,8,18H,3,6-7,9,17H2,1H3. The van der Waals surface area contributed by atoms with Crippen molar-refractivity contribution in [2.75, 3.05) is 20.3 Å². The van der Waals surface area contributed by atoms with Crippen molar-refractivity contribution in [2.45, 2.75) is 24.6 Å². The lowest BCUT2D eigenvalue weighted by atomic mass is 9.88. The molecule has 0 aliphatic carbocycles. The van der Waals surface area contributed by atoms with Crippen LogP contribution in [-0.4, -0.2) is 25.4 Å². The third-order valence-electron chi connectivity index (χ3n) is 2.90. The van der Waals surface area contributed by atoms with Crippen molar-refractivity contribution in [1.82, 2.24) is 0 Å². The number of aliphatic hydroxyl groups is 1. The Kier molecular flexibility index (Phi) is 5.34. The summed E-state index contributed by atoms with van der Waals surface area (Å²) in [5, 5.41) is 10.5. The zero-order valence-corrected chi connectivity index (χ0v) is 10.7. The van der Waals surface area contributed by atoms with Gasteiger partial charge < -0.3 is 15.6 Å². The van der Waals surface area contributed by atoms with E-state index in [4.69, 9.17) is 10.5 Å². The highest BCUT2D eigenvalue weighted by Crippen LogP contribution is 2.33. The zero-order valence-electron chi connectivity index (χ0n) is 10.7. The maximum Gasteiger partial charge on any atom is 0.416 e. The molecule has 3 nitrogen and oxygen atoms in total. The van der Waals surface area contributed by atoms with E-state index in [1.165, 1.54) is 19.2 Å². The fraction of sp³-hybridized carbons (Fsp3) is 0.538. The molecule has 1 rings (SSSR count). The highest BCUT2D eigenvalue weighted by Gasteiger charge is 2.34. The Morgan fingerprint density at radius 3 is 2.42 bits per heavy atom. The lowest BCUT2D eigenvalue weighted by Gasteiger charge is -2.28. The van der Waals surface area contributed by atoms with E-state index in [-0.39, 0.29) is 18.6 Å². The molecule has 1 atom stereocenters. The van der Waals surface area contributed by atoms with Gasteiger partial charge in [-0.1, -0.05) is 12.1 Å². The minimum absolute atomic E-state index is 0.0751. The normalized spacial score (nSPS) is 15.3. The van der Waals surface area contributed by atoms with Gasteiger partial charge in [0.25, 0.3) is 0 Å². The number of hydrogen-bond acceptors (Lipinski definition) is 3. The molecule has 0 aliphatic heterocycles. The van der Waals surface area contributed by atoms with Crippen molar-refractivity contribution >= 4 is 0 Å². The Morgan fingerprint density at radius 1 is 1.26 bits per heavy atom. The molecule has 3 N–H and O–H groups in total. The Morgan fingerprint density at radius 2 is 1.89 bits per heavy atom. The van der Waals surface area contributed by atoms with E-state index in [9.17, 15) is 18.3 Å². The van der Waals surface area contributed by atoms with Crippen LogP contribution in [0, 0.1) is 0 Å². The first-order valence-electron chi connectivity index (χ1n) is 5.92. The van der Waals surface area contributed by atoms with Gasteiger partial charge in [-0.25, -0.2) is 0 Å². The van der Waals surface area contributed by atoms with Gasteiger partial charge in [0.15, 0.2) is 0 Å². The molecule has 0 heterocycles. The molecule has 1 aromatic carbocycles. The topological polar surface area (TPSA) is 55.5 Å². The molecular formula is C13H18F3NO2. The van der Waals surface area contributed by atoms with Crippen LogP contribution in [0.25, 0.3) is 0 Å². The smallest absolute Gasteiger partial charge is 0.383 e. The van der Waals surface area contributed by atoms with Crippen LogP contribution in [0.15, 0.2) is 24.3 Å². The molecule has 0 aliphatic rings. The molecular weight excluding hydrogens is 259 g/mol. The van der Waals surface area contributed by atoms with E-state index < -0.39 is 17.3 Å². The average Bonchev–Trinajstić information content (AvgIpc) is 2.36. The predicted octanol–water partition coefficient (Wildman–Crippen LogP) is 2.28. The van der Waals surface area contributed by atoms with E-state index in [1.807, 2.05) is 0 Å². The molecule has 0 bridgehead atoms. The summed E-state index contributed by atoms with van der Waals surface area (Å²) in [6, 6.07) is 4.67. The van der Waals surface area contributed by atoms with Gasteiger partial charge in [-0.2, -0.15) is 13.2 Å². The van der Waals surface area contributed by atoms with E-state index in [2.05, 4.69) is 0 Å². The number of rotatable bonds is 6. The average molecular weight is 277 g/mol. The molecule has 0 aromatic heterocycles. The number of ether oxygens (including phenoxy) is 1. The molecule has 1 aromatic rings. The first-order chi connectivity index (χ1) is 8.83. The lowest BCUT2D eigenvalue weighted by molar-refractivity contribution is -0.137. The van der Waals surface area contributed by atoms with Crippen LogP contribution in [0.5, 0.6) is 0 Å². The van der Waals surface area contributed by atoms with Gasteiger partial charge in [-0.05, 0) is 37.1 Å². The second kappa shape index (κ2) is 6.36. The van der Waals surface area contributed by atoms with E-state index in [0.717, 1.165) is 12.1 Å². The maximum atomic E-state index is 12.7. The summed E-state index contributed by atoms with van der Waals surface area (Å²) in [5.74, 6) is 0. The number of nitrogens with two attached hydrogens (primary N) is 1. The third kappa shape index (κ3) is 4.19. The fourth-order valence-electron chi connectivity index (χ4n) is 1.92. The summed E-state index contributed by atoms with van der Waals surface area (Å²) in [7, 11) is 1.39. The molecule has 0 amide bonds. The Bertz CT molecular complexity index is 409. The summed E-state index contributed by atoms with van der Waals surface area (Å²) in [6.07, 6.45) is -3.69. The van der Waals surface area contributed by atoms with Crippen LogP contribution in [0.1, 0.15) is 24.0 Å². The highest BCUT2D eigenvalue weighted by atomic mass is 19.4. The van der Waals surface area contributed by atoms with Gasteiger partial charge >= 0.3 is 6.18 Å². The van der Waals surface area contributed by atoms with E-state index in [1.54, 1.807) is 0 Å². The van der Waals surface area contributed by atoms with Crippen molar-refractivity contribution in [3.05, 3.63) is 35.4 Å². The summed E-state index contributed by atoms with van der Waals surface area (Å²) in [6.45, 7) is 0.277. The third-order valence-corrected chi connectivity index (χ3v) is 2.90. The van der Waals surface area contributed by atoms with E-state index in [0.29, 0.717) is 13.0 Å². The molecule has 0 saturated carbocycles. The van der Waals surface area contributed by atoms with Crippen LogP contribution in [-0.2, 0) is 16.5 Å². The Hall–Kier alpha value is -1.11. The molecule has 108 valence electrons. The minimum atomic E-state index is -4.43. The first-order valence-corrected chi connectivity index (χ1v) is 5.92. The van der Waals surface area contributed by atoms with Crippen LogP contribution in [0.3, 0.4) is 0 Å². The minimum Gasteiger partial charge on any atom is -0.383 e. The number of hydrogen-bond donors (Lipinski definition) is 2. The monoisotopic (exact) mass is 277 g/mol. The van der Waals surface area contributed by atoms with Crippen molar-refractivity contribution in [2.24, 2.45) is 5.73 Å². The van der Waals surface area contributed by atoms with Gasteiger partial charge in [0.1, 0.15) is 5.60 Å². The van der Waals surface area contributed by atoms with Gasteiger partial charge in [0.05, 0.1) is 12.2 Å². The molecule has 0 radical (unpaired) electrons. The largest absolute Gasteiger partial charge is 0.416 e. The SMILES string of the molecule is COCC(O)(CCCN)c1cccc(C(F)(F)F)c1. The Labute approximate surface area is 110 Å². The second-order valence-electron chi connectivity index (χ2n) is 4.44. The van der Waals surface area contributed by atoms with Crippen molar-refractivity contribution in [3.63, 3.8) is 0 Å². The van der Waals surface area contributed by atoms with Gasteiger partial charge in [-0.15, -0.1) is 0 Å². The van der Waals surface area contributed by atoms with Crippen molar-refractivity contribution in [3.8, 4) is 0 Å². The number of methoxy groups -OCH3 is 1. The van der Waals surface area contributed by atoms with Gasteiger partial charge in [0, 0.05) is 7.11 Å². The van der Waals surface area contributed by atoms with Crippen LogP contribution >= 0.6 is 0 Å². The van der Waals surface area contributed by atoms with Crippen LogP contribution in [0.2, 0.25) is 0 Å². The van der Waals surface area contributed by atoms with Crippen LogP contribution < -0.4 is 5.73 Å². The summed E-state index contributed by atoms with van der Waals surface area (Å²) < 4.78 is 42.9. The van der Waals surface area contributed by atoms with Gasteiger partial charge in [0.2, 0.25) is 0 Å². The second-order valence-corrected chi connectivity index (χ2v) is 4.44. The molecule has 1 unspecified atom stereocenters. The number of alkyl halides is 3. The summed E-state index contributed by atoms with van der Waals surface area (Å²) in [5.41, 5.74) is 3.34. The number of benzene rings is 1. The van der Waals surface area contributed by atoms with Gasteiger partial charge in [-0.3, -0.25) is 0 Å². The summed E-state index contributed by atoms with van der Waals surface area (Å²) >= 11 is 0.